The Kier molecular flexibility index (Phi) is 9.35. The van der Waals surface area contributed by atoms with Crippen LogP contribution >= 0.6 is 34.8 Å². The molecule has 1 aliphatic heterocycles. The first-order valence-electron chi connectivity index (χ1n) is 10.7. The molecule has 10 heteroatoms. The molecule has 1 unspecified atom stereocenters. The molecule has 0 spiro atoms. The van der Waals surface area contributed by atoms with Crippen LogP contribution in [0.1, 0.15) is 23.2 Å². The van der Waals surface area contributed by atoms with Crippen molar-refractivity contribution < 1.29 is 19.4 Å². The van der Waals surface area contributed by atoms with Crippen molar-refractivity contribution in [3.8, 4) is 11.5 Å². The van der Waals surface area contributed by atoms with Crippen LogP contribution in [-0.2, 0) is 0 Å². The van der Waals surface area contributed by atoms with Crippen molar-refractivity contribution in [2.45, 2.75) is 18.9 Å². The minimum atomic E-state index is -0.654. The number of nitrogens with zero attached hydrogens (tertiary/aromatic N) is 1. The minimum Gasteiger partial charge on any atom is -0.496 e. The van der Waals surface area contributed by atoms with Gasteiger partial charge in [0.15, 0.2) is 0 Å². The van der Waals surface area contributed by atoms with Gasteiger partial charge in [-0.05, 0) is 50.0 Å². The van der Waals surface area contributed by atoms with E-state index in [1.807, 2.05) is 0 Å². The Hall–Kier alpha value is -1.90. The lowest BCUT2D eigenvalue weighted by atomic mass is 9.96. The monoisotopic (exact) mass is 515 g/mol. The number of nitrogens with one attached hydrogen (secondary N) is 1. The third kappa shape index (κ3) is 7.04. The molecule has 0 radical (unpaired) electrons. The molecule has 1 saturated heterocycles. The van der Waals surface area contributed by atoms with Crippen LogP contribution in [0.2, 0.25) is 15.1 Å². The first-order chi connectivity index (χ1) is 15.8. The van der Waals surface area contributed by atoms with Gasteiger partial charge in [-0.3, -0.25) is 4.79 Å². The summed E-state index contributed by atoms with van der Waals surface area (Å²) in [5.74, 6) is 0.943. The number of carbonyl (C=O) groups excluding carboxylic acids is 1. The summed E-state index contributed by atoms with van der Waals surface area (Å²) in [6.45, 7) is 2.83. The lowest BCUT2D eigenvalue weighted by Crippen LogP contribution is -2.42. The van der Waals surface area contributed by atoms with Crippen LogP contribution in [0, 0.1) is 5.92 Å². The number of β-amino-alcohol motifs (C(OH)–C–C–N with tert-alkyl or cyclic N) is 1. The largest absolute Gasteiger partial charge is 0.496 e. The van der Waals surface area contributed by atoms with Crippen LogP contribution in [-0.4, -0.2) is 61.9 Å². The molecular formula is C23H28Cl3N3O4. The van der Waals surface area contributed by atoms with Crippen LogP contribution in [0.3, 0.4) is 0 Å². The molecule has 33 heavy (non-hydrogen) atoms. The third-order valence-corrected chi connectivity index (χ3v) is 6.77. The van der Waals surface area contributed by atoms with Gasteiger partial charge < -0.3 is 30.5 Å². The van der Waals surface area contributed by atoms with Crippen LogP contribution < -0.4 is 20.5 Å². The molecule has 7 nitrogen and oxygen atoms in total. The molecule has 1 amide bonds. The molecule has 0 saturated carbocycles. The average Bonchev–Trinajstić information content (AvgIpc) is 2.80. The summed E-state index contributed by atoms with van der Waals surface area (Å²) in [6, 6.07) is 8.21. The molecule has 1 aliphatic rings. The SMILES string of the molecule is COc1cc(N)c(Cl)cc1C(=O)NCC1CCN(CC(O)COc2cccc(Cl)c2Cl)CC1. The Balaban J connectivity index is 1.40. The maximum Gasteiger partial charge on any atom is 0.255 e. The molecule has 180 valence electrons. The maximum absolute atomic E-state index is 12.6. The number of piperidine rings is 1. The molecule has 3 rings (SSSR count). The molecule has 0 bridgehead atoms. The lowest BCUT2D eigenvalue weighted by Gasteiger charge is -2.33. The fourth-order valence-corrected chi connectivity index (χ4v) is 4.26. The normalized spacial score (nSPS) is 15.8. The number of rotatable bonds is 9. The van der Waals surface area contributed by atoms with Crippen LogP contribution in [0.15, 0.2) is 30.3 Å². The third-order valence-electron chi connectivity index (χ3n) is 5.64. The molecule has 1 fully saturated rings. The van der Waals surface area contributed by atoms with E-state index in [4.69, 9.17) is 50.0 Å². The van der Waals surface area contributed by atoms with E-state index in [9.17, 15) is 9.90 Å². The zero-order chi connectivity index (χ0) is 24.0. The number of nitrogen functional groups attached to an aromatic ring is 1. The predicted octanol–water partition coefficient (Wildman–Crippen LogP) is 4.12. The van der Waals surface area contributed by atoms with E-state index in [1.54, 1.807) is 24.3 Å². The fourth-order valence-electron chi connectivity index (χ4n) is 3.75. The topological polar surface area (TPSA) is 97.0 Å². The van der Waals surface area contributed by atoms with E-state index in [1.165, 1.54) is 13.2 Å². The summed E-state index contributed by atoms with van der Waals surface area (Å²) >= 11 is 18.1. The van der Waals surface area contributed by atoms with Crippen molar-refractivity contribution in [3.63, 3.8) is 0 Å². The van der Waals surface area contributed by atoms with Crippen molar-refractivity contribution in [1.29, 1.82) is 0 Å². The van der Waals surface area contributed by atoms with Crippen molar-refractivity contribution in [2.24, 2.45) is 5.92 Å². The van der Waals surface area contributed by atoms with E-state index in [0.29, 0.717) is 56.8 Å². The zero-order valence-electron chi connectivity index (χ0n) is 18.3. The number of aliphatic hydroxyl groups excluding tert-OH is 1. The molecule has 4 N–H and O–H groups in total. The van der Waals surface area contributed by atoms with Gasteiger partial charge in [0.25, 0.3) is 5.91 Å². The maximum atomic E-state index is 12.6. The minimum absolute atomic E-state index is 0.127. The number of nitrogens with two attached hydrogens (primary N) is 1. The number of methoxy groups -OCH3 is 1. The van der Waals surface area contributed by atoms with Crippen LogP contribution in [0.5, 0.6) is 11.5 Å². The molecule has 0 aliphatic carbocycles. The number of aliphatic hydroxyl groups is 1. The Bertz CT molecular complexity index is 968. The van der Waals surface area contributed by atoms with Gasteiger partial charge in [-0.1, -0.05) is 40.9 Å². The van der Waals surface area contributed by atoms with Gasteiger partial charge >= 0.3 is 0 Å². The number of ether oxygens (including phenoxy) is 2. The molecule has 2 aromatic rings. The van der Waals surface area contributed by atoms with Gasteiger partial charge in [0.1, 0.15) is 29.2 Å². The number of hydrogen-bond donors (Lipinski definition) is 3. The van der Waals surface area contributed by atoms with Crippen molar-refractivity contribution in [3.05, 3.63) is 51.0 Å². The number of carbonyl (C=O) groups is 1. The standard InChI is InChI=1S/C23H28Cl3N3O4/c1-32-21-10-19(27)18(25)9-16(21)23(31)28-11-14-5-7-29(8-6-14)12-15(30)13-33-20-4-2-3-17(24)22(20)26/h2-4,9-10,14-15,30H,5-8,11-13,27H2,1H3,(H,28,31). The highest BCUT2D eigenvalue weighted by Gasteiger charge is 2.23. The molecule has 1 heterocycles. The highest BCUT2D eigenvalue weighted by molar-refractivity contribution is 6.42. The number of hydrogen-bond acceptors (Lipinski definition) is 6. The van der Waals surface area contributed by atoms with Gasteiger partial charge in [-0.15, -0.1) is 0 Å². The van der Waals surface area contributed by atoms with Crippen molar-refractivity contribution >= 4 is 46.4 Å². The van der Waals surface area contributed by atoms with E-state index in [0.717, 1.165) is 25.9 Å². The van der Waals surface area contributed by atoms with Crippen molar-refractivity contribution in [2.75, 3.05) is 45.6 Å². The van der Waals surface area contributed by atoms with Gasteiger partial charge in [0.2, 0.25) is 0 Å². The number of likely N-dealkylation sites (tertiary alicyclic amines) is 1. The number of benzene rings is 2. The summed E-state index contributed by atoms with van der Waals surface area (Å²) < 4.78 is 10.9. The predicted molar refractivity (Wildman–Crippen MR) is 132 cm³/mol. The van der Waals surface area contributed by atoms with E-state index in [-0.39, 0.29) is 12.5 Å². The summed E-state index contributed by atoms with van der Waals surface area (Å²) in [4.78, 5) is 14.8. The van der Waals surface area contributed by atoms with Crippen molar-refractivity contribution in [1.82, 2.24) is 10.2 Å². The lowest BCUT2D eigenvalue weighted by molar-refractivity contribution is 0.0548. The van der Waals surface area contributed by atoms with E-state index < -0.39 is 6.10 Å². The van der Waals surface area contributed by atoms with Gasteiger partial charge in [-0.25, -0.2) is 0 Å². The first kappa shape index (κ1) is 25.7. The molecule has 1 atom stereocenters. The van der Waals surface area contributed by atoms with E-state index in [2.05, 4.69) is 10.2 Å². The smallest absolute Gasteiger partial charge is 0.255 e. The average molecular weight is 517 g/mol. The summed E-state index contributed by atoms with van der Waals surface area (Å²) in [6.07, 6.45) is 1.17. The van der Waals surface area contributed by atoms with E-state index >= 15 is 0 Å². The second kappa shape index (κ2) is 12.0. The first-order valence-corrected chi connectivity index (χ1v) is 11.8. The van der Waals surface area contributed by atoms with Crippen LogP contribution in [0.25, 0.3) is 0 Å². The molecule has 2 aromatic carbocycles. The highest BCUT2D eigenvalue weighted by Crippen LogP contribution is 2.31. The summed E-state index contributed by atoms with van der Waals surface area (Å²) in [7, 11) is 1.48. The van der Waals surface area contributed by atoms with Gasteiger partial charge in [-0.2, -0.15) is 0 Å². The number of amides is 1. The second-order valence-corrected chi connectivity index (χ2v) is 9.24. The summed E-state index contributed by atoms with van der Waals surface area (Å²) in [5.41, 5.74) is 6.50. The Labute approximate surface area is 208 Å². The number of halogens is 3. The van der Waals surface area contributed by atoms with Gasteiger partial charge in [0, 0.05) is 19.2 Å². The Morgan fingerprint density at radius 2 is 1.94 bits per heavy atom. The summed E-state index contributed by atoms with van der Waals surface area (Å²) in [5, 5.41) is 14.4. The van der Waals surface area contributed by atoms with Crippen LogP contribution in [0.4, 0.5) is 5.69 Å². The number of anilines is 1. The highest BCUT2D eigenvalue weighted by atomic mass is 35.5. The Morgan fingerprint density at radius 3 is 2.64 bits per heavy atom. The molecular weight excluding hydrogens is 489 g/mol. The van der Waals surface area contributed by atoms with Gasteiger partial charge in [0.05, 0.1) is 28.4 Å². The molecule has 0 aromatic heterocycles. The Morgan fingerprint density at radius 1 is 1.21 bits per heavy atom. The second-order valence-electron chi connectivity index (χ2n) is 8.04. The zero-order valence-corrected chi connectivity index (χ0v) is 20.6. The quantitative estimate of drug-likeness (QED) is 0.434. The fraction of sp³-hybridized carbons (Fsp3) is 0.435.